The van der Waals surface area contributed by atoms with Crippen LogP contribution in [0, 0.1) is 0 Å². The number of nitrogens with one attached hydrogen (secondary N) is 1. The summed E-state index contributed by atoms with van der Waals surface area (Å²) in [6.45, 7) is 11.5. The van der Waals surface area contributed by atoms with E-state index in [1.54, 1.807) is 11.8 Å². The molecule has 0 spiro atoms. The molecule has 1 aliphatic heterocycles. The largest absolute Gasteiger partial charge is 0.450 e. The van der Waals surface area contributed by atoms with Gasteiger partial charge >= 0.3 is 6.09 Å². The monoisotopic (exact) mass is 347 g/mol. The van der Waals surface area contributed by atoms with Crippen LogP contribution in [0.3, 0.4) is 0 Å². The van der Waals surface area contributed by atoms with Gasteiger partial charge in [0.25, 0.3) is 0 Å². The molecule has 6 nitrogen and oxygen atoms in total. The molecular weight excluding hydrogens is 318 g/mol. The highest BCUT2D eigenvalue weighted by atomic mass is 16.6. The Balaban J connectivity index is 1.78. The van der Waals surface area contributed by atoms with Gasteiger partial charge < -0.3 is 15.0 Å². The lowest BCUT2D eigenvalue weighted by molar-refractivity contribution is -0.117. The molecule has 0 bridgehead atoms. The maximum Gasteiger partial charge on any atom is 0.409 e. The van der Waals surface area contributed by atoms with E-state index in [4.69, 9.17) is 4.74 Å². The highest BCUT2D eigenvalue weighted by Gasteiger charge is 2.23. The average Bonchev–Trinajstić information content (AvgIpc) is 2.55. The SMILES string of the molecule is CCOC(=O)N1CCN(CC(=O)Nc2ccc(C(C)(C)C)cc2)CC1. The Morgan fingerprint density at radius 1 is 1.08 bits per heavy atom. The normalized spacial score (nSPS) is 15.8. The van der Waals surface area contributed by atoms with E-state index in [0.717, 1.165) is 5.69 Å². The summed E-state index contributed by atoms with van der Waals surface area (Å²) in [5.41, 5.74) is 2.14. The molecule has 1 fully saturated rings. The third-order valence-corrected chi connectivity index (χ3v) is 4.30. The molecule has 1 saturated heterocycles. The molecule has 0 radical (unpaired) electrons. The van der Waals surface area contributed by atoms with Gasteiger partial charge in [-0.1, -0.05) is 32.9 Å². The molecule has 2 rings (SSSR count). The van der Waals surface area contributed by atoms with Gasteiger partial charge in [0.05, 0.1) is 13.2 Å². The number of benzene rings is 1. The summed E-state index contributed by atoms with van der Waals surface area (Å²) in [4.78, 5) is 27.6. The Labute approximate surface area is 150 Å². The molecule has 6 heteroatoms. The van der Waals surface area contributed by atoms with Crippen molar-refractivity contribution in [2.75, 3.05) is 44.6 Å². The second-order valence-corrected chi connectivity index (χ2v) is 7.34. The Morgan fingerprint density at radius 2 is 1.68 bits per heavy atom. The maximum absolute atomic E-state index is 12.2. The summed E-state index contributed by atoms with van der Waals surface area (Å²) in [6, 6.07) is 7.98. The van der Waals surface area contributed by atoms with Crippen LogP contribution < -0.4 is 5.32 Å². The molecular formula is C19H29N3O3. The number of carbonyl (C=O) groups is 2. The fraction of sp³-hybridized carbons (Fsp3) is 0.579. The highest BCUT2D eigenvalue weighted by Crippen LogP contribution is 2.23. The van der Waals surface area contributed by atoms with Crippen molar-refractivity contribution in [1.29, 1.82) is 0 Å². The minimum atomic E-state index is -0.273. The molecule has 1 aromatic rings. The van der Waals surface area contributed by atoms with Crippen LogP contribution in [0.2, 0.25) is 0 Å². The summed E-state index contributed by atoms with van der Waals surface area (Å²) in [6.07, 6.45) is -0.273. The number of nitrogens with zero attached hydrogens (tertiary/aromatic N) is 2. The summed E-state index contributed by atoms with van der Waals surface area (Å²) in [7, 11) is 0. The van der Waals surface area contributed by atoms with E-state index in [2.05, 4.69) is 31.0 Å². The van der Waals surface area contributed by atoms with E-state index in [1.807, 2.05) is 24.3 Å². The lowest BCUT2D eigenvalue weighted by atomic mass is 9.87. The lowest BCUT2D eigenvalue weighted by Gasteiger charge is -2.33. The van der Waals surface area contributed by atoms with Gasteiger partial charge in [-0.05, 0) is 30.0 Å². The van der Waals surface area contributed by atoms with Gasteiger partial charge in [0, 0.05) is 31.9 Å². The average molecular weight is 347 g/mol. The number of anilines is 1. The predicted molar refractivity (Wildman–Crippen MR) is 98.8 cm³/mol. The van der Waals surface area contributed by atoms with Crippen LogP contribution in [0.1, 0.15) is 33.3 Å². The third kappa shape index (κ3) is 5.74. The fourth-order valence-electron chi connectivity index (χ4n) is 2.76. The number of hydrogen-bond donors (Lipinski definition) is 1. The van der Waals surface area contributed by atoms with Gasteiger partial charge in [-0.2, -0.15) is 0 Å². The Hall–Kier alpha value is -2.08. The van der Waals surface area contributed by atoms with Gasteiger partial charge in [-0.25, -0.2) is 4.79 Å². The van der Waals surface area contributed by atoms with Crippen LogP contribution in [0.5, 0.6) is 0 Å². The number of hydrogen-bond acceptors (Lipinski definition) is 4. The minimum absolute atomic E-state index is 0.0342. The molecule has 0 atom stereocenters. The number of piperazine rings is 1. The lowest BCUT2D eigenvalue weighted by Crippen LogP contribution is -2.50. The van der Waals surface area contributed by atoms with Crippen molar-refractivity contribution >= 4 is 17.7 Å². The zero-order valence-corrected chi connectivity index (χ0v) is 15.7. The zero-order chi connectivity index (χ0) is 18.4. The Bertz CT molecular complexity index is 585. The number of ether oxygens (including phenoxy) is 1. The first-order chi connectivity index (χ1) is 11.8. The van der Waals surface area contributed by atoms with Gasteiger partial charge in [0.2, 0.25) is 5.91 Å². The second kappa shape index (κ2) is 8.34. The van der Waals surface area contributed by atoms with E-state index in [0.29, 0.717) is 39.3 Å². The minimum Gasteiger partial charge on any atom is -0.450 e. The molecule has 1 aromatic carbocycles. The van der Waals surface area contributed by atoms with Crippen molar-refractivity contribution in [3.05, 3.63) is 29.8 Å². The molecule has 0 aliphatic carbocycles. The number of carbonyl (C=O) groups excluding carboxylic acids is 2. The topological polar surface area (TPSA) is 61.9 Å². The van der Waals surface area contributed by atoms with Gasteiger partial charge in [-0.3, -0.25) is 9.69 Å². The zero-order valence-electron chi connectivity index (χ0n) is 15.7. The van der Waals surface area contributed by atoms with Crippen LogP contribution in [-0.4, -0.2) is 61.1 Å². The van der Waals surface area contributed by atoms with Crippen LogP contribution in [-0.2, 0) is 14.9 Å². The van der Waals surface area contributed by atoms with Crippen LogP contribution in [0.25, 0.3) is 0 Å². The first kappa shape index (κ1) is 19.2. The van der Waals surface area contributed by atoms with Gasteiger partial charge in [-0.15, -0.1) is 0 Å². The first-order valence-corrected chi connectivity index (χ1v) is 8.84. The molecule has 0 unspecified atom stereocenters. The standard InChI is InChI=1S/C19H29N3O3/c1-5-25-18(24)22-12-10-21(11-13-22)14-17(23)20-16-8-6-15(7-9-16)19(2,3)4/h6-9H,5,10-14H2,1-4H3,(H,20,23). The number of rotatable bonds is 4. The van der Waals surface area contributed by atoms with E-state index in [1.165, 1.54) is 5.56 Å². The van der Waals surface area contributed by atoms with Crippen molar-refractivity contribution in [1.82, 2.24) is 9.80 Å². The van der Waals surface area contributed by atoms with Crippen LogP contribution in [0.4, 0.5) is 10.5 Å². The molecule has 2 amide bonds. The van der Waals surface area contributed by atoms with Crippen LogP contribution >= 0.6 is 0 Å². The molecule has 1 aliphatic rings. The molecule has 1 heterocycles. The smallest absolute Gasteiger partial charge is 0.409 e. The van der Waals surface area contributed by atoms with E-state index in [9.17, 15) is 9.59 Å². The number of amides is 2. The van der Waals surface area contributed by atoms with Crippen molar-refractivity contribution in [3.8, 4) is 0 Å². The van der Waals surface area contributed by atoms with E-state index < -0.39 is 0 Å². The summed E-state index contributed by atoms with van der Waals surface area (Å²) in [5, 5.41) is 2.94. The van der Waals surface area contributed by atoms with Crippen molar-refractivity contribution in [2.45, 2.75) is 33.1 Å². The van der Waals surface area contributed by atoms with E-state index in [-0.39, 0.29) is 17.4 Å². The molecule has 25 heavy (non-hydrogen) atoms. The highest BCUT2D eigenvalue weighted by molar-refractivity contribution is 5.92. The maximum atomic E-state index is 12.2. The summed E-state index contributed by atoms with van der Waals surface area (Å²) >= 11 is 0. The van der Waals surface area contributed by atoms with Gasteiger partial charge in [0.15, 0.2) is 0 Å². The molecule has 1 N–H and O–H groups in total. The van der Waals surface area contributed by atoms with Crippen molar-refractivity contribution in [2.24, 2.45) is 0 Å². The fourth-order valence-corrected chi connectivity index (χ4v) is 2.76. The van der Waals surface area contributed by atoms with Crippen molar-refractivity contribution < 1.29 is 14.3 Å². The summed E-state index contributed by atoms with van der Waals surface area (Å²) < 4.78 is 5.00. The van der Waals surface area contributed by atoms with Gasteiger partial charge in [0.1, 0.15) is 0 Å². The van der Waals surface area contributed by atoms with E-state index >= 15 is 0 Å². The molecule has 138 valence electrons. The molecule has 0 aromatic heterocycles. The quantitative estimate of drug-likeness (QED) is 0.910. The predicted octanol–water partition coefficient (Wildman–Crippen LogP) is 2.70. The first-order valence-electron chi connectivity index (χ1n) is 8.84. The Morgan fingerprint density at radius 3 is 2.20 bits per heavy atom. The second-order valence-electron chi connectivity index (χ2n) is 7.34. The molecule has 0 saturated carbocycles. The van der Waals surface area contributed by atoms with Crippen molar-refractivity contribution in [3.63, 3.8) is 0 Å². The summed E-state index contributed by atoms with van der Waals surface area (Å²) in [5.74, 6) is -0.0342. The Kier molecular flexibility index (Phi) is 6.42. The van der Waals surface area contributed by atoms with Crippen LogP contribution in [0.15, 0.2) is 24.3 Å². The third-order valence-electron chi connectivity index (χ3n) is 4.30.